The molecule has 1 heterocycles. The second-order valence-electron chi connectivity index (χ2n) is 4.22. The molecule has 5 heteroatoms. The zero-order chi connectivity index (χ0) is 13.1. The van der Waals surface area contributed by atoms with Crippen molar-refractivity contribution in [2.45, 2.75) is 5.92 Å². The molecule has 0 amide bonds. The Labute approximate surface area is 105 Å². The van der Waals surface area contributed by atoms with Crippen molar-refractivity contribution in [1.82, 2.24) is 0 Å². The highest BCUT2D eigenvalue weighted by Gasteiger charge is 2.36. The number of ether oxygens (including phenoxy) is 3. The minimum Gasteiger partial charge on any atom is -0.497 e. The van der Waals surface area contributed by atoms with Crippen molar-refractivity contribution in [3.63, 3.8) is 0 Å². The van der Waals surface area contributed by atoms with Gasteiger partial charge in [-0.25, -0.2) is 0 Å². The molecule has 1 aliphatic rings. The van der Waals surface area contributed by atoms with E-state index >= 15 is 0 Å². The molecule has 0 bridgehead atoms. The predicted molar refractivity (Wildman–Crippen MR) is 64.2 cm³/mol. The average Bonchev–Trinajstić information content (AvgIpc) is 2.32. The number of carboxylic acid groups (broad SMARTS) is 1. The number of carbonyl (C=O) groups is 1. The second kappa shape index (κ2) is 5.27. The van der Waals surface area contributed by atoms with Crippen molar-refractivity contribution in [1.29, 1.82) is 0 Å². The van der Waals surface area contributed by atoms with E-state index in [9.17, 15) is 9.90 Å². The third-order valence-electron chi connectivity index (χ3n) is 3.18. The van der Waals surface area contributed by atoms with Crippen LogP contribution < -0.4 is 9.47 Å². The van der Waals surface area contributed by atoms with E-state index in [1.807, 2.05) is 0 Å². The highest BCUT2D eigenvalue weighted by atomic mass is 16.5. The smallest absolute Gasteiger partial charge is 0.311 e. The van der Waals surface area contributed by atoms with Crippen LogP contribution in [0.15, 0.2) is 18.2 Å². The average molecular weight is 252 g/mol. The van der Waals surface area contributed by atoms with Crippen LogP contribution in [0, 0.1) is 5.92 Å². The molecule has 98 valence electrons. The minimum absolute atomic E-state index is 0.00444. The van der Waals surface area contributed by atoms with Gasteiger partial charge in [0.1, 0.15) is 11.5 Å². The van der Waals surface area contributed by atoms with Gasteiger partial charge in [0, 0.05) is 17.5 Å². The normalized spacial score (nSPS) is 16.8. The summed E-state index contributed by atoms with van der Waals surface area (Å²) in [6, 6.07) is 5.19. The monoisotopic (exact) mass is 252 g/mol. The molecule has 1 unspecified atom stereocenters. The Morgan fingerprint density at radius 3 is 2.56 bits per heavy atom. The SMILES string of the molecule is COc1ccc(C(C(=O)O)C2COC2)c(OC)c1. The van der Waals surface area contributed by atoms with Crippen LogP contribution in [0.25, 0.3) is 0 Å². The lowest BCUT2D eigenvalue weighted by Crippen LogP contribution is -2.37. The summed E-state index contributed by atoms with van der Waals surface area (Å²) < 4.78 is 15.4. The summed E-state index contributed by atoms with van der Waals surface area (Å²) in [5, 5.41) is 9.37. The van der Waals surface area contributed by atoms with Crippen molar-refractivity contribution in [3.05, 3.63) is 23.8 Å². The molecule has 1 fully saturated rings. The Balaban J connectivity index is 2.37. The Morgan fingerprint density at radius 2 is 2.11 bits per heavy atom. The van der Waals surface area contributed by atoms with E-state index in [-0.39, 0.29) is 5.92 Å². The van der Waals surface area contributed by atoms with E-state index < -0.39 is 11.9 Å². The first-order valence-corrected chi connectivity index (χ1v) is 5.70. The molecule has 2 rings (SSSR count). The lowest BCUT2D eigenvalue weighted by Gasteiger charge is -2.32. The summed E-state index contributed by atoms with van der Waals surface area (Å²) in [7, 11) is 3.08. The van der Waals surface area contributed by atoms with Gasteiger partial charge in [-0.2, -0.15) is 0 Å². The van der Waals surface area contributed by atoms with Crippen molar-refractivity contribution in [2.24, 2.45) is 5.92 Å². The third-order valence-corrected chi connectivity index (χ3v) is 3.18. The number of carboxylic acids is 1. The van der Waals surface area contributed by atoms with Gasteiger partial charge in [0.25, 0.3) is 0 Å². The van der Waals surface area contributed by atoms with Gasteiger partial charge in [0.2, 0.25) is 0 Å². The van der Waals surface area contributed by atoms with E-state index in [4.69, 9.17) is 14.2 Å². The quantitative estimate of drug-likeness (QED) is 0.860. The van der Waals surface area contributed by atoms with Gasteiger partial charge in [-0.1, -0.05) is 6.07 Å². The summed E-state index contributed by atoms with van der Waals surface area (Å²) in [5.41, 5.74) is 0.666. The fourth-order valence-electron chi connectivity index (χ4n) is 2.11. The highest BCUT2D eigenvalue weighted by Crippen LogP contribution is 2.37. The van der Waals surface area contributed by atoms with Crippen LogP contribution in [-0.2, 0) is 9.53 Å². The maximum absolute atomic E-state index is 11.4. The second-order valence-corrected chi connectivity index (χ2v) is 4.22. The van der Waals surface area contributed by atoms with Crippen LogP contribution in [0.5, 0.6) is 11.5 Å². The molecule has 1 saturated heterocycles. The third kappa shape index (κ3) is 2.26. The zero-order valence-corrected chi connectivity index (χ0v) is 10.4. The van der Waals surface area contributed by atoms with Crippen molar-refractivity contribution in [3.8, 4) is 11.5 Å². The van der Waals surface area contributed by atoms with Gasteiger partial charge in [-0.3, -0.25) is 4.79 Å². The van der Waals surface area contributed by atoms with Gasteiger partial charge >= 0.3 is 5.97 Å². The maximum Gasteiger partial charge on any atom is 0.311 e. The molecule has 18 heavy (non-hydrogen) atoms. The first kappa shape index (κ1) is 12.7. The number of methoxy groups -OCH3 is 2. The molecular weight excluding hydrogens is 236 g/mol. The first-order chi connectivity index (χ1) is 8.67. The fraction of sp³-hybridized carbons (Fsp3) is 0.462. The lowest BCUT2D eigenvalue weighted by molar-refractivity contribution is -0.146. The van der Waals surface area contributed by atoms with E-state index in [0.717, 1.165) is 0 Å². The molecule has 1 aromatic rings. The Morgan fingerprint density at radius 1 is 1.39 bits per heavy atom. The Kier molecular flexibility index (Phi) is 3.72. The van der Waals surface area contributed by atoms with Gasteiger partial charge in [0.05, 0.1) is 33.4 Å². The summed E-state index contributed by atoms with van der Waals surface area (Å²) in [5.74, 6) is -0.269. The van der Waals surface area contributed by atoms with E-state index in [0.29, 0.717) is 30.3 Å². The first-order valence-electron chi connectivity index (χ1n) is 5.70. The van der Waals surface area contributed by atoms with Crippen LogP contribution in [0.1, 0.15) is 11.5 Å². The van der Waals surface area contributed by atoms with Crippen molar-refractivity contribution >= 4 is 5.97 Å². The number of benzene rings is 1. The fourth-order valence-corrected chi connectivity index (χ4v) is 2.11. The molecule has 0 aliphatic carbocycles. The Hall–Kier alpha value is -1.75. The van der Waals surface area contributed by atoms with Crippen molar-refractivity contribution < 1.29 is 24.1 Å². The summed E-state index contributed by atoms with van der Waals surface area (Å²) >= 11 is 0. The number of hydrogen-bond acceptors (Lipinski definition) is 4. The molecule has 1 aromatic carbocycles. The molecule has 1 aliphatic heterocycles. The number of hydrogen-bond donors (Lipinski definition) is 1. The van der Waals surface area contributed by atoms with Crippen LogP contribution in [0.3, 0.4) is 0 Å². The lowest BCUT2D eigenvalue weighted by atomic mass is 9.84. The molecule has 0 saturated carbocycles. The molecule has 0 aromatic heterocycles. The maximum atomic E-state index is 11.4. The summed E-state index contributed by atoms with van der Waals surface area (Å²) in [6.07, 6.45) is 0. The number of aliphatic carboxylic acids is 1. The summed E-state index contributed by atoms with van der Waals surface area (Å²) in [6.45, 7) is 0.957. The van der Waals surface area contributed by atoms with E-state index in [1.165, 1.54) is 7.11 Å². The van der Waals surface area contributed by atoms with Crippen LogP contribution in [0.4, 0.5) is 0 Å². The molecule has 5 nitrogen and oxygen atoms in total. The predicted octanol–water partition coefficient (Wildman–Crippen LogP) is 1.52. The summed E-state index contributed by atoms with van der Waals surface area (Å²) in [4.78, 5) is 11.4. The molecule has 0 radical (unpaired) electrons. The zero-order valence-electron chi connectivity index (χ0n) is 10.4. The van der Waals surface area contributed by atoms with Gasteiger partial charge in [-0.05, 0) is 6.07 Å². The standard InChI is InChI=1S/C13H16O5/c1-16-9-3-4-10(11(5-9)17-2)12(13(14)15)8-6-18-7-8/h3-5,8,12H,6-7H2,1-2H3,(H,14,15). The van der Waals surface area contributed by atoms with Gasteiger partial charge in [-0.15, -0.1) is 0 Å². The van der Waals surface area contributed by atoms with Gasteiger partial charge in [0.15, 0.2) is 0 Å². The largest absolute Gasteiger partial charge is 0.497 e. The highest BCUT2D eigenvalue weighted by molar-refractivity contribution is 5.78. The topological polar surface area (TPSA) is 65.0 Å². The number of rotatable bonds is 5. The van der Waals surface area contributed by atoms with Gasteiger partial charge < -0.3 is 19.3 Å². The minimum atomic E-state index is -0.855. The van der Waals surface area contributed by atoms with E-state index in [2.05, 4.69) is 0 Å². The Bertz CT molecular complexity index is 439. The van der Waals surface area contributed by atoms with Crippen LogP contribution >= 0.6 is 0 Å². The molecular formula is C13H16O5. The van der Waals surface area contributed by atoms with Crippen molar-refractivity contribution in [2.75, 3.05) is 27.4 Å². The van der Waals surface area contributed by atoms with E-state index in [1.54, 1.807) is 25.3 Å². The molecule has 1 atom stereocenters. The van der Waals surface area contributed by atoms with Crippen LogP contribution in [-0.4, -0.2) is 38.5 Å². The molecule has 0 spiro atoms. The van der Waals surface area contributed by atoms with Crippen LogP contribution in [0.2, 0.25) is 0 Å². The molecule has 1 N–H and O–H groups in total.